The molecule has 3 aromatic rings. The summed E-state index contributed by atoms with van der Waals surface area (Å²) in [5.74, 6) is 0.0547. The van der Waals surface area contributed by atoms with Crippen LogP contribution in [0.4, 0.5) is 11.5 Å². The van der Waals surface area contributed by atoms with Crippen molar-refractivity contribution in [2.75, 3.05) is 5.73 Å². The number of hydrogen-bond donors (Lipinski definition) is 1. The summed E-state index contributed by atoms with van der Waals surface area (Å²) in [6.07, 6.45) is 0. The van der Waals surface area contributed by atoms with Gasteiger partial charge in [0.2, 0.25) is 0 Å². The zero-order valence-electron chi connectivity index (χ0n) is 14.4. The average molecular weight is 344 g/mol. The Labute approximate surface area is 150 Å². The SMILES string of the molecule is Cc1ccc(C)c(-c2cc(-c3ccccc3[N+](=O)[O-])c(C#N)c(N)n2)c1. The fourth-order valence-electron chi connectivity index (χ4n) is 2.91. The molecule has 0 spiro atoms. The number of aryl methyl sites for hydroxylation is 2. The van der Waals surface area contributed by atoms with Crippen molar-refractivity contribution in [3.05, 3.63) is 75.3 Å². The molecule has 128 valence electrons. The molecule has 3 rings (SSSR count). The van der Waals surface area contributed by atoms with Gasteiger partial charge in [-0.05, 0) is 37.6 Å². The highest BCUT2D eigenvalue weighted by atomic mass is 16.6. The zero-order valence-corrected chi connectivity index (χ0v) is 14.4. The Morgan fingerprint density at radius 1 is 1.08 bits per heavy atom. The number of nitro benzene ring substituents is 1. The highest BCUT2D eigenvalue weighted by molar-refractivity contribution is 5.84. The van der Waals surface area contributed by atoms with Gasteiger partial charge in [0.15, 0.2) is 0 Å². The maximum atomic E-state index is 11.4. The van der Waals surface area contributed by atoms with E-state index in [1.165, 1.54) is 6.07 Å². The molecule has 0 aliphatic carbocycles. The fourth-order valence-corrected chi connectivity index (χ4v) is 2.91. The van der Waals surface area contributed by atoms with Gasteiger partial charge in [-0.15, -0.1) is 0 Å². The summed E-state index contributed by atoms with van der Waals surface area (Å²) in [6, 6.07) is 16.0. The molecule has 6 nitrogen and oxygen atoms in total. The second-order valence-corrected chi connectivity index (χ2v) is 6.02. The van der Waals surface area contributed by atoms with Gasteiger partial charge in [-0.2, -0.15) is 5.26 Å². The number of benzene rings is 2. The van der Waals surface area contributed by atoms with Gasteiger partial charge in [0.25, 0.3) is 5.69 Å². The molecular formula is C20H16N4O2. The molecule has 0 aliphatic rings. The molecule has 0 unspecified atom stereocenters. The number of aromatic nitrogens is 1. The first-order chi connectivity index (χ1) is 12.4. The van der Waals surface area contributed by atoms with Crippen LogP contribution in [-0.4, -0.2) is 9.91 Å². The number of para-hydroxylation sites is 1. The molecule has 2 N–H and O–H groups in total. The van der Waals surface area contributed by atoms with Crippen LogP contribution in [0, 0.1) is 35.3 Å². The summed E-state index contributed by atoms with van der Waals surface area (Å²) in [5.41, 5.74) is 10.3. The van der Waals surface area contributed by atoms with Crippen molar-refractivity contribution in [3.8, 4) is 28.5 Å². The highest BCUT2D eigenvalue weighted by Crippen LogP contribution is 2.36. The molecule has 0 atom stereocenters. The van der Waals surface area contributed by atoms with E-state index in [1.807, 2.05) is 38.1 Å². The minimum atomic E-state index is -0.468. The third-order valence-corrected chi connectivity index (χ3v) is 4.22. The van der Waals surface area contributed by atoms with E-state index in [0.29, 0.717) is 16.8 Å². The molecule has 0 saturated heterocycles. The maximum absolute atomic E-state index is 11.4. The van der Waals surface area contributed by atoms with Crippen LogP contribution in [0.2, 0.25) is 0 Å². The third kappa shape index (κ3) is 2.98. The standard InChI is InChI=1S/C20H16N4O2/c1-12-7-8-13(2)15(9-12)18-10-16(17(11-21)20(22)23-18)14-5-3-4-6-19(14)24(25)26/h3-10H,1-2H3,(H2,22,23). The quantitative estimate of drug-likeness (QED) is 0.560. The van der Waals surface area contributed by atoms with Crippen molar-refractivity contribution in [2.45, 2.75) is 13.8 Å². The van der Waals surface area contributed by atoms with Crippen molar-refractivity contribution < 1.29 is 4.92 Å². The van der Waals surface area contributed by atoms with Crippen LogP contribution in [0.3, 0.4) is 0 Å². The maximum Gasteiger partial charge on any atom is 0.277 e. The lowest BCUT2D eigenvalue weighted by Gasteiger charge is -2.12. The lowest BCUT2D eigenvalue weighted by molar-refractivity contribution is -0.384. The molecule has 26 heavy (non-hydrogen) atoms. The number of anilines is 1. The van der Waals surface area contributed by atoms with E-state index in [-0.39, 0.29) is 17.1 Å². The first kappa shape index (κ1) is 17.1. The van der Waals surface area contributed by atoms with Crippen LogP contribution in [0.15, 0.2) is 48.5 Å². The minimum Gasteiger partial charge on any atom is -0.383 e. The first-order valence-corrected chi connectivity index (χ1v) is 7.94. The van der Waals surface area contributed by atoms with Gasteiger partial charge in [-0.1, -0.05) is 29.8 Å². The van der Waals surface area contributed by atoms with Crippen molar-refractivity contribution in [2.24, 2.45) is 0 Å². The lowest BCUT2D eigenvalue weighted by Crippen LogP contribution is -2.02. The van der Waals surface area contributed by atoms with Crippen LogP contribution < -0.4 is 5.73 Å². The van der Waals surface area contributed by atoms with E-state index < -0.39 is 4.92 Å². The fraction of sp³-hybridized carbons (Fsp3) is 0.100. The van der Waals surface area contributed by atoms with Crippen LogP contribution >= 0.6 is 0 Å². The monoisotopic (exact) mass is 344 g/mol. The summed E-state index contributed by atoms with van der Waals surface area (Å²) < 4.78 is 0. The van der Waals surface area contributed by atoms with Crippen LogP contribution in [0.25, 0.3) is 22.4 Å². The summed E-state index contributed by atoms with van der Waals surface area (Å²) in [4.78, 5) is 15.3. The topological polar surface area (TPSA) is 106 Å². The number of nitro groups is 1. The zero-order chi connectivity index (χ0) is 18.8. The summed E-state index contributed by atoms with van der Waals surface area (Å²) in [7, 11) is 0. The van der Waals surface area contributed by atoms with E-state index in [2.05, 4.69) is 4.98 Å². The Balaban J connectivity index is 2.34. The van der Waals surface area contributed by atoms with Gasteiger partial charge >= 0.3 is 0 Å². The molecular weight excluding hydrogens is 328 g/mol. The average Bonchev–Trinajstić information content (AvgIpc) is 2.63. The normalized spacial score (nSPS) is 10.3. The van der Waals surface area contributed by atoms with Gasteiger partial charge in [-0.3, -0.25) is 10.1 Å². The Hall–Kier alpha value is -3.72. The molecule has 0 amide bonds. The number of nitrogens with zero attached hydrogens (tertiary/aromatic N) is 3. The Morgan fingerprint density at radius 2 is 1.81 bits per heavy atom. The van der Waals surface area contributed by atoms with Crippen molar-refractivity contribution in [3.63, 3.8) is 0 Å². The highest BCUT2D eigenvalue weighted by Gasteiger charge is 2.21. The smallest absolute Gasteiger partial charge is 0.277 e. The molecule has 0 saturated carbocycles. The molecule has 0 fully saturated rings. The first-order valence-electron chi connectivity index (χ1n) is 7.94. The van der Waals surface area contributed by atoms with Gasteiger partial charge in [-0.25, -0.2) is 4.98 Å². The predicted molar refractivity (Wildman–Crippen MR) is 100 cm³/mol. The van der Waals surface area contributed by atoms with Crippen LogP contribution in [0.5, 0.6) is 0 Å². The largest absolute Gasteiger partial charge is 0.383 e. The van der Waals surface area contributed by atoms with Crippen molar-refractivity contribution in [1.82, 2.24) is 4.98 Å². The van der Waals surface area contributed by atoms with E-state index in [0.717, 1.165) is 16.7 Å². The summed E-state index contributed by atoms with van der Waals surface area (Å²) in [5, 5.41) is 20.9. The predicted octanol–water partition coefficient (Wildman–Crippen LogP) is 4.39. The second kappa shape index (κ2) is 6.65. The molecule has 0 aliphatic heterocycles. The number of pyridine rings is 1. The van der Waals surface area contributed by atoms with Crippen LogP contribution in [-0.2, 0) is 0 Å². The summed E-state index contributed by atoms with van der Waals surface area (Å²) >= 11 is 0. The Bertz CT molecular complexity index is 1070. The molecule has 0 bridgehead atoms. The Kier molecular flexibility index (Phi) is 4.38. The molecule has 6 heteroatoms. The minimum absolute atomic E-state index is 0.0547. The van der Waals surface area contributed by atoms with Gasteiger partial charge in [0, 0.05) is 17.2 Å². The molecule has 2 aromatic carbocycles. The van der Waals surface area contributed by atoms with E-state index in [9.17, 15) is 15.4 Å². The van der Waals surface area contributed by atoms with E-state index in [4.69, 9.17) is 5.73 Å². The molecule has 1 aromatic heterocycles. The van der Waals surface area contributed by atoms with Crippen LogP contribution in [0.1, 0.15) is 16.7 Å². The van der Waals surface area contributed by atoms with Crippen molar-refractivity contribution >= 4 is 11.5 Å². The third-order valence-electron chi connectivity index (χ3n) is 4.22. The van der Waals surface area contributed by atoms with Crippen molar-refractivity contribution in [1.29, 1.82) is 5.26 Å². The van der Waals surface area contributed by atoms with E-state index >= 15 is 0 Å². The Morgan fingerprint density at radius 3 is 2.50 bits per heavy atom. The number of nitrogens with two attached hydrogens (primary N) is 1. The van der Waals surface area contributed by atoms with Gasteiger partial charge in [0.05, 0.1) is 16.2 Å². The lowest BCUT2D eigenvalue weighted by atomic mass is 9.95. The summed E-state index contributed by atoms with van der Waals surface area (Å²) in [6.45, 7) is 3.92. The van der Waals surface area contributed by atoms with E-state index in [1.54, 1.807) is 24.3 Å². The van der Waals surface area contributed by atoms with Gasteiger partial charge < -0.3 is 5.73 Å². The number of nitrogen functional groups attached to an aromatic ring is 1. The second-order valence-electron chi connectivity index (χ2n) is 6.02. The molecule has 1 heterocycles. The van der Waals surface area contributed by atoms with Gasteiger partial charge in [0.1, 0.15) is 17.5 Å². The number of hydrogen-bond acceptors (Lipinski definition) is 5. The number of rotatable bonds is 3. The number of nitriles is 1. The molecule has 0 radical (unpaired) electrons.